The van der Waals surface area contributed by atoms with Crippen LogP contribution in [0.4, 0.5) is 0 Å². The highest BCUT2D eigenvalue weighted by Crippen LogP contribution is 2.42. The van der Waals surface area contributed by atoms with Gasteiger partial charge in [-0.05, 0) is 35.7 Å². The van der Waals surface area contributed by atoms with Crippen LogP contribution < -0.4 is 5.43 Å². The molecule has 5 rings (SSSR count). The maximum Gasteiger partial charge on any atom is 0.241 e. The lowest BCUT2D eigenvalue weighted by molar-refractivity contribution is -0.121. The van der Waals surface area contributed by atoms with Crippen molar-refractivity contribution in [1.82, 2.24) is 9.99 Å². The molecule has 3 aromatic carbocycles. The summed E-state index contributed by atoms with van der Waals surface area (Å²) in [4.78, 5) is 12.6. The van der Waals surface area contributed by atoms with Gasteiger partial charge in [0.05, 0.1) is 23.7 Å². The number of fused-ring (bicyclic) bond motifs is 1. The monoisotopic (exact) mass is 447 g/mol. The topological polar surface area (TPSA) is 59.5 Å². The molecule has 0 atom stereocenters. The van der Waals surface area contributed by atoms with Gasteiger partial charge in [0, 0.05) is 23.9 Å². The summed E-state index contributed by atoms with van der Waals surface area (Å²) in [5.41, 5.74) is 9.50. The van der Waals surface area contributed by atoms with Crippen molar-refractivity contribution in [3.05, 3.63) is 109 Å². The lowest BCUT2D eigenvalue weighted by Crippen LogP contribution is -2.19. The van der Waals surface area contributed by atoms with Crippen LogP contribution in [0.3, 0.4) is 0 Å². The summed E-state index contributed by atoms with van der Waals surface area (Å²) in [5, 5.41) is 5.19. The van der Waals surface area contributed by atoms with Crippen molar-refractivity contribution in [2.75, 3.05) is 0 Å². The van der Waals surface area contributed by atoms with Crippen LogP contribution in [0.5, 0.6) is 0 Å². The van der Waals surface area contributed by atoms with E-state index in [1.807, 2.05) is 12.1 Å². The van der Waals surface area contributed by atoms with Crippen molar-refractivity contribution in [2.45, 2.75) is 19.9 Å². The van der Waals surface area contributed by atoms with E-state index in [0.717, 1.165) is 22.3 Å². The Morgan fingerprint density at radius 2 is 1.65 bits per heavy atom. The lowest BCUT2D eigenvalue weighted by atomic mass is 9.98. The van der Waals surface area contributed by atoms with Crippen LogP contribution >= 0.6 is 0 Å². The molecule has 2 aromatic heterocycles. The molecule has 1 N–H and O–H groups in total. The Labute approximate surface area is 198 Å². The average Bonchev–Trinajstić information content (AvgIpc) is 3.50. The minimum atomic E-state index is -0.154. The Balaban J connectivity index is 1.56. The predicted octanol–water partition coefficient (Wildman–Crippen LogP) is 6.42. The Bertz CT molecular complexity index is 1430. The zero-order valence-corrected chi connectivity index (χ0v) is 18.9. The van der Waals surface area contributed by atoms with Crippen molar-refractivity contribution < 1.29 is 9.21 Å². The second-order valence-electron chi connectivity index (χ2n) is 8.14. The van der Waals surface area contributed by atoms with E-state index in [1.165, 1.54) is 22.7 Å². The third kappa shape index (κ3) is 4.28. The smallest absolute Gasteiger partial charge is 0.241 e. The molecule has 0 spiro atoms. The summed E-state index contributed by atoms with van der Waals surface area (Å²) >= 11 is 0. The van der Waals surface area contributed by atoms with E-state index in [4.69, 9.17) is 4.42 Å². The quantitative estimate of drug-likeness (QED) is 0.231. The third-order valence-electron chi connectivity index (χ3n) is 5.88. The highest BCUT2D eigenvalue weighted by Gasteiger charge is 2.21. The number of aromatic nitrogens is 1. The maximum absolute atomic E-state index is 12.6. The minimum absolute atomic E-state index is 0.154. The van der Waals surface area contributed by atoms with Gasteiger partial charge in [0.25, 0.3) is 0 Å². The Morgan fingerprint density at radius 3 is 2.35 bits per heavy atom. The van der Waals surface area contributed by atoms with Crippen LogP contribution in [0.1, 0.15) is 17.7 Å². The fourth-order valence-corrected chi connectivity index (χ4v) is 4.41. The van der Waals surface area contributed by atoms with E-state index in [0.29, 0.717) is 18.7 Å². The van der Waals surface area contributed by atoms with Crippen LogP contribution in [0.2, 0.25) is 0 Å². The first-order valence-corrected chi connectivity index (χ1v) is 11.3. The molecule has 34 heavy (non-hydrogen) atoms. The molecule has 0 radical (unpaired) electrons. The van der Waals surface area contributed by atoms with Crippen LogP contribution in [0.25, 0.3) is 33.3 Å². The molecule has 0 fully saturated rings. The van der Waals surface area contributed by atoms with Crippen LogP contribution in [-0.2, 0) is 11.3 Å². The number of carbonyl (C=O) groups excluding carboxylic acids is 1. The molecule has 0 saturated carbocycles. The number of furan rings is 1. The first-order valence-electron chi connectivity index (χ1n) is 11.3. The van der Waals surface area contributed by atoms with Gasteiger partial charge in [-0.1, -0.05) is 78.9 Å². The van der Waals surface area contributed by atoms with E-state index in [1.54, 1.807) is 18.4 Å². The maximum atomic E-state index is 12.6. The number of nitrogens with zero attached hydrogens (tertiary/aromatic N) is 2. The molecular weight excluding hydrogens is 422 g/mol. The third-order valence-corrected chi connectivity index (χ3v) is 5.88. The molecule has 168 valence electrons. The number of nitrogens with one attached hydrogen (secondary N) is 1. The van der Waals surface area contributed by atoms with Gasteiger partial charge in [0.1, 0.15) is 5.76 Å². The van der Waals surface area contributed by atoms with E-state index < -0.39 is 0 Å². The zero-order valence-electron chi connectivity index (χ0n) is 18.9. The number of aryl methyl sites for hydroxylation is 2. The number of carbonyl (C=O) groups is 1. The molecule has 0 bridgehead atoms. The number of rotatable bonds is 7. The fourth-order valence-electron chi connectivity index (χ4n) is 4.41. The number of hydrogen-bond donors (Lipinski definition) is 1. The normalized spacial score (nSPS) is 11.3. The van der Waals surface area contributed by atoms with Crippen molar-refractivity contribution in [2.24, 2.45) is 5.10 Å². The highest BCUT2D eigenvalue weighted by molar-refractivity contribution is 6.05. The van der Waals surface area contributed by atoms with Crippen LogP contribution in [0, 0.1) is 6.92 Å². The molecule has 0 aliphatic carbocycles. The minimum Gasteiger partial charge on any atom is -0.463 e. The average molecular weight is 448 g/mol. The molecule has 5 heteroatoms. The largest absolute Gasteiger partial charge is 0.463 e. The molecule has 0 unspecified atom stereocenters. The molecule has 5 aromatic rings. The SMILES string of the molecule is Cc1cccc2c(-c3ccccc3)c(-c3ccccc3)n(CCC(=O)NN=Cc3ccco3)c12. The van der Waals surface area contributed by atoms with Crippen molar-refractivity contribution in [1.29, 1.82) is 0 Å². The second kappa shape index (κ2) is 9.63. The Kier molecular flexibility index (Phi) is 6.08. The summed E-state index contributed by atoms with van der Waals surface area (Å²) in [6.07, 6.45) is 3.36. The highest BCUT2D eigenvalue weighted by atomic mass is 16.3. The van der Waals surface area contributed by atoms with Gasteiger partial charge >= 0.3 is 0 Å². The number of hydrazone groups is 1. The molecule has 1 amide bonds. The van der Waals surface area contributed by atoms with Gasteiger partial charge in [0.15, 0.2) is 0 Å². The van der Waals surface area contributed by atoms with Crippen molar-refractivity contribution in [3.8, 4) is 22.4 Å². The molecular formula is C29H25N3O2. The number of amides is 1. The van der Waals surface area contributed by atoms with Gasteiger partial charge < -0.3 is 8.98 Å². The fraction of sp³-hybridized carbons (Fsp3) is 0.103. The molecule has 0 aliphatic rings. The summed E-state index contributed by atoms with van der Waals surface area (Å²) < 4.78 is 7.49. The standard InChI is InChI=1S/C29H25N3O2/c1-21-10-8-16-25-27(22-11-4-2-5-12-22)29(23-13-6-3-7-14-23)32(28(21)25)18-17-26(33)31-30-20-24-15-9-19-34-24/h2-16,19-20H,17-18H2,1H3,(H,31,33). The van der Waals surface area contributed by atoms with E-state index in [9.17, 15) is 4.79 Å². The second-order valence-corrected chi connectivity index (χ2v) is 8.14. The number of hydrogen-bond acceptors (Lipinski definition) is 3. The van der Waals surface area contributed by atoms with Gasteiger partial charge in [-0.3, -0.25) is 4.79 Å². The number of para-hydroxylation sites is 1. The lowest BCUT2D eigenvalue weighted by Gasteiger charge is -2.13. The van der Waals surface area contributed by atoms with Gasteiger partial charge in [-0.2, -0.15) is 5.10 Å². The predicted molar refractivity (Wildman–Crippen MR) is 137 cm³/mol. The summed E-state index contributed by atoms with van der Waals surface area (Å²) in [5.74, 6) is 0.435. The summed E-state index contributed by atoms with van der Waals surface area (Å²) in [7, 11) is 0. The summed E-state index contributed by atoms with van der Waals surface area (Å²) in [6.45, 7) is 2.65. The Hall–Kier alpha value is -4.38. The first-order chi connectivity index (χ1) is 16.7. The Morgan fingerprint density at radius 1 is 0.912 bits per heavy atom. The van der Waals surface area contributed by atoms with E-state index in [-0.39, 0.29) is 5.91 Å². The zero-order chi connectivity index (χ0) is 23.3. The molecule has 0 aliphatic heterocycles. The van der Waals surface area contributed by atoms with Crippen molar-refractivity contribution in [3.63, 3.8) is 0 Å². The van der Waals surface area contributed by atoms with Crippen LogP contribution in [0.15, 0.2) is 107 Å². The first kappa shape index (κ1) is 21.5. The van der Waals surface area contributed by atoms with E-state index in [2.05, 4.69) is 88.7 Å². The van der Waals surface area contributed by atoms with Crippen LogP contribution in [-0.4, -0.2) is 16.7 Å². The molecule has 5 nitrogen and oxygen atoms in total. The molecule has 2 heterocycles. The van der Waals surface area contributed by atoms with Gasteiger partial charge in [0.2, 0.25) is 5.91 Å². The van der Waals surface area contributed by atoms with Gasteiger partial charge in [-0.25, -0.2) is 5.43 Å². The van der Waals surface area contributed by atoms with E-state index >= 15 is 0 Å². The van der Waals surface area contributed by atoms with Crippen molar-refractivity contribution >= 4 is 23.0 Å². The number of benzene rings is 3. The summed E-state index contributed by atoms with van der Waals surface area (Å²) in [6, 6.07) is 30.8. The molecule has 0 saturated heterocycles. The van der Waals surface area contributed by atoms with Gasteiger partial charge in [-0.15, -0.1) is 0 Å².